The van der Waals surface area contributed by atoms with E-state index in [1.165, 1.54) is 0 Å². The number of anilines is 1. The number of phenolic OH excluding ortho intramolecular Hbond substituents is 1. The lowest BCUT2D eigenvalue weighted by molar-refractivity contribution is -0.383. The van der Waals surface area contributed by atoms with Gasteiger partial charge in [0, 0.05) is 12.1 Å². The summed E-state index contributed by atoms with van der Waals surface area (Å²) in [4.78, 5) is 20.8. The Morgan fingerprint density at radius 3 is 2.67 bits per heavy atom. The highest BCUT2D eigenvalue weighted by molar-refractivity contribution is 5.94. The molecule has 0 aliphatic heterocycles. The van der Waals surface area contributed by atoms with Gasteiger partial charge in [-0.15, -0.1) is 0 Å². The molecule has 0 amide bonds. The van der Waals surface area contributed by atoms with Crippen molar-refractivity contribution in [1.29, 1.82) is 0 Å². The van der Waals surface area contributed by atoms with Crippen LogP contribution in [0.4, 0.5) is 11.4 Å². The highest BCUT2D eigenvalue weighted by atomic mass is 16.6. The zero-order valence-electron chi connectivity index (χ0n) is 7.76. The minimum absolute atomic E-state index is 0.217. The molecule has 1 rings (SSSR count). The molecule has 7 nitrogen and oxygen atoms in total. The fourth-order valence-electron chi connectivity index (χ4n) is 1.02. The monoisotopic (exact) mass is 212 g/mol. The third-order valence-electron chi connectivity index (χ3n) is 1.75. The first-order valence-electron chi connectivity index (χ1n) is 3.82. The second kappa shape index (κ2) is 3.82. The number of methoxy groups -OCH3 is 1. The molecule has 0 saturated carbocycles. The van der Waals surface area contributed by atoms with Crippen LogP contribution in [0.2, 0.25) is 0 Å². The Kier molecular flexibility index (Phi) is 2.75. The molecule has 0 atom stereocenters. The minimum atomic E-state index is -0.865. The van der Waals surface area contributed by atoms with Crippen molar-refractivity contribution >= 4 is 17.3 Å². The third-order valence-corrected chi connectivity index (χ3v) is 1.75. The lowest BCUT2D eigenvalue weighted by Crippen LogP contribution is -2.04. The number of phenols is 1. The van der Waals surface area contributed by atoms with E-state index < -0.39 is 22.3 Å². The number of aromatic hydroxyl groups is 1. The van der Waals surface area contributed by atoms with Crippen molar-refractivity contribution in [2.75, 3.05) is 12.8 Å². The Hall–Kier alpha value is -2.31. The summed E-state index contributed by atoms with van der Waals surface area (Å²) >= 11 is 0. The molecule has 3 N–H and O–H groups in total. The van der Waals surface area contributed by atoms with Crippen molar-refractivity contribution in [3.8, 4) is 5.75 Å². The number of nitrogens with two attached hydrogens (primary N) is 1. The number of nitro groups is 1. The molecule has 0 aliphatic carbocycles. The molecule has 0 fully saturated rings. The van der Waals surface area contributed by atoms with Crippen LogP contribution in [0.25, 0.3) is 0 Å². The van der Waals surface area contributed by atoms with E-state index in [4.69, 9.17) is 5.73 Å². The van der Waals surface area contributed by atoms with Gasteiger partial charge in [-0.3, -0.25) is 10.1 Å². The molecule has 7 heteroatoms. The van der Waals surface area contributed by atoms with E-state index in [1.807, 2.05) is 0 Å². The summed E-state index contributed by atoms with van der Waals surface area (Å²) in [5, 5.41) is 19.8. The zero-order chi connectivity index (χ0) is 11.6. The van der Waals surface area contributed by atoms with E-state index in [0.717, 1.165) is 19.2 Å². The van der Waals surface area contributed by atoms with Gasteiger partial charge in [-0.05, 0) is 0 Å². The van der Waals surface area contributed by atoms with E-state index in [1.54, 1.807) is 0 Å². The predicted molar refractivity (Wildman–Crippen MR) is 50.5 cm³/mol. The summed E-state index contributed by atoms with van der Waals surface area (Å²) in [7, 11) is 1.10. The summed E-state index contributed by atoms with van der Waals surface area (Å²) in [6, 6.07) is 1.81. The Morgan fingerprint density at radius 1 is 1.60 bits per heavy atom. The van der Waals surface area contributed by atoms with Gasteiger partial charge in [0.25, 0.3) is 5.69 Å². The van der Waals surface area contributed by atoms with E-state index in [0.29, 0.717) is 0 Å². The highest BCUT2D eigenvalue weighted by Gasteiger charge is 2.20. The van der Waals surface area contributed by atoms with Crippen LogP contribution in [0.3, 0.4) is 0 Å². The lowest BCUT2D eigenvalue weighted by Gasteiger charge is -2.03. The number of carbonyl (C=O) groups excluding carboxylic acids is 1. The van der Waals surface area contributed by atoms with Crippen LogP contribution in [0.1, 0.15) is 10.4 Å². The number of rotatable bonds is 2. The van der Waals surface area contributed by atoms with E-state index in [-0.39, 0.29) is 11.3 Å². The molecular formula is C8H8N2O5. The van der Waals surface area contributed by atoms with Gasteiger partial charge in [-0.25, -0.2) is 4.79 Å². The van der Waals surface area contributed by atoms with Gasteiger partial charge < -0.3 is 15.6 Å². The second-order valence-corrected chi connectivity index (χ2v) is 2.68. The molecule has 1 aromatic rings. The average Bonchev–Trinajstić information content (AvgIpc) is 2.16. The van der Waals surface area contributed by atoms with Crippen molar-refractivity contribution in [3.63, 3.8) is 0 Å². The first kappa shape index (κ1) is 10.8. The number of ether oxygens (including phenoxy) is 1. The topological polar surface area (TPSA) is 116 Å². The number of carbonyl (C=O) groups is 1. The molecule has 0 heterocycles. The molecule has 0 unspecified atom stereocenters. The largest absolute Gasteiger partial charge is 0.507 e. The Labute approximate surface area is 84.2 Å². The Bertz CT molecular complexity index is 429. The number of hydrogen-bond donors (Lipinski definition) is 2. The highest BCUT2D eigenvalue weighted by Crippen LogP contribution is 2.30. The van der Waals surface area contributed by atoms with Crippen LogP contribution < -0.4 is 5.73 Å². The fourth-order valence-corrected chi connectivity index (χ4v) is 1.02. The van der Waals surface area contributed by atoms with E-state index in [2.05, 4.69) is 4.74 Å². The van der Waals surface area contributed by atoms with Gasteiger partial charge in [0.15, 0.2) is 0 Å². The van der Waals surface area contributed by atoms with E-state index >= 15 is 0 Å². The average molecular weight is 212 g/mol. The van der Waals surface area contributed by atoms with Gasteiger partial charge in [0.1, 0.15) is 17.0 Å². The van der Waals surface area contributed by atoms with Gasteiger partial charge in [0.05, 0.1) is 12.0 Å². The summed E-state index contributed by atoms with van der Waals surface area (Å²) < 4.78 is 4.33. The van der Waals surface area contributed by atoms with Crippen molar-refractivity contribution < 1.29 is 19.6 Å². The van der Waals surface area contributed by atoms with E-state index in [9.17, 15) is 20.0 Å². The summed E-state index contributed by atoms with van der Waals surface area (Å²) in [5.74, 6) is -1.32. The normalized spacial score (nSPS) is 9.67. The van der Waals surface area contributed by atoms with Crippen molar-refractivity contribution in [3.05, 3.63) is 27.8 Å². The predicted octanol–water partition coefficient (Wildman–Crippen LogP) is 0.669. The van der Waals surface area contributed by atoms with Crippen LogP contribution in [-0.2, 0) is 4.74 Å². The number of nitrogen functional groups attached to an aromatic ring is 1. The first-order chi connectivity index (χ1) is 6.97. The van der Waals surface area contributed by atoms with Gasteiger partial charge >= 0.3 is 5.97 Å². The quantitative estimate of drug-likeness (QED) is 0.322. The molecule has 0 spiro atoms. The first-order valence-corrected chi connectivity index (χ1v) is 3.82. The van der Waals surface area contributed by atoms with Gasteiger partial charge in [-0.2, -0.15) is 0 Å². The van der Waals surface area contributed by atoms with Gasteiger partial charge in [0.2, 0.25) is 0 Å². The molecule has 80 valence electrons. The van der Waals surface area contributed by atoms with Crippen LogP contribution in [-0.4, -0.2) is 23.1 Å². The maximum Gasteiger partial charge on any atom is 0.341 e. The van der Waals surface area contributed by atoms with Gasteiger partial charge in [-0.1, -0.05) is 0 Å². The van der Waals surface area contributed by atoms with Crippen molar-refractivity contribution in [2.45, 2.75) is 0 Å². The fraction of sp³-hybridized carbons (Fsp3) is 0.125. The van der Waals surface area contributed by atoms with Crippen LogP contribution >= 0.6 is 0 Å². The molecule has 1 aromatic carbocycles. The standard InChI is InChI=1S/C8H8N2O5/c1-15-8(12)4-2-6(10(13)14)5(9)3-7(4)11/h2-3,11H,9H2,1H3. The number of esters is 1. The Balaban J connectivity index is 3.36. The molecule has 0 aliphatic rings. The number of nitro benzene ring substituents is 1. The SMILES string of the molecule is COC(=O)c1cc([N+](=O)[O-])c(N)cc1O. The Morgan fingerprint density at radius 2 is 2.20 bits per heavy atom. The molecule has 0 radical (unpaired) electrons. The zero-order valence-corrected chi connectivity index (χ0v) is 7.76. The minimum Gasteiger partial charge on any atom is -0.507 e. The maximum absolute atomic E-state index is 11.1. The van der Waals surface area contributed by atoms with Crippen molar-refractivity contribution in [1.82, 2.24) is 0 Å². The summed E-state index contributed by atoms with van der Waals surface area (Å²) in [6.45, 7) is 0. The summed E-state index contributed by atoms with van der Waals surface area (Å²) in [6.07, 6.45) is 0. The summed E-state index contributed by atoms with van der Waals surface area (Å²) in [5.41, 5.74) is 4.32. The number of nitrogens with zero attached hydrogens (tertiary/aromatic N) is 1. The van der Waals surface area contributed by atoms with Crippen molar-refractivity contribution in [2.24, 2.45) is 0 Å². The maximum atomic E-state index is 11.1. The van der Waals surface area contributed by atoms with Crippen LogP contribution in [0.5, 0.6) is 5.75 Å². The molecular weight excluding hydrogens is 204 g/mol. The number of benzene rings is 1. The lowest BCUT2D eigenvalue weighted by atomic mass is 10.1. The molecule has 0 aromatic heterocycles. The third kappa shape index (κ3) is 1.96. The van der Waals surface area contributed by atoms with Crippen LogP contribution in [0.15, 0.2) is 12.1 Å². The smallest absolute Gasteiger partial charge is 0.341 e. The number of hydrogen-bond acceptors (Lipinski definition) is 6. The molecule has 0 saturated heterocycles. The van der Waals surface area contributed by atoms with Crippen LogP contribution in [0, 0.1) is 10.1 Å². The molecule has 0 bridgehead atoms. The second-order valence-electron chi connectivity index (χ2n) is 2.68. The molecule has 15 heavy (non-hydrogen) atoms.